The van der Waals surface area contributed by atoms with E-state index in [1.807, 2.05) is 0 Å². The fraction of sp³-hybridized carbons (Fsp3) is 0. The highest BCUT2D eigenvalue weighted by molar-refractivity contribution is 7.80. The number of nitrogens with one attached hydrogen (secondary N) is 2. The highest BCUT2D eigenvalue weighted by atomic mass is 32.1. The quantitative estimate of drug-likeness (QED) is 0.664. The maximum atomic E-state index is 10.7. The second-order valence-electron chi connectivity index (χ2n) is 3.01. The molecule has 1 aromatic carbocycles. The lowest BCUT2D eigenvalue weighted by molar-refractivity contribution is 0.388. The summed E-state index contributed by atoms with van der Waals surface area (Å²) in [7, 11) is 0. The maximum absolute atomic E-state index is 10.7. The summed E-state index contributed by atoms with van der Waals surface area (Å²) in [6.45, 7) is 0. The smallest absolute Gasteiger partial charge is 0.376 e. The van der Waals surface area contributed by atoms with Crippen molar-refractivity contribution < 1.29 is 4.52 Å². The number of aromatic amines is 1. The summed E-state index contributed by atoms with van der Waals surface area (Å²) in [6, 6.07) is 7.05. The van der Waals surface area contributed by atoms with Crippen LogP contribution in [0.2, 0.25) is 0 Å². The average molecular weight is 236 g/mol. The minimum Gasteiger partial charge on any atom is -0.376 e. The summed E-state index contributed by atoms with van der Waals surface area (Å²) >= 11 is 4.70. The fourth-order valence-corrected chi connectivity index (χ4v) is 1.33. The van der Waals surface area contributed by atoms with E-state index in [0.29, 0.717) is 5.82 Å². The van der Waals surface area contributed by atoms with Crippen molar-refractivity contribution in [2.45, 2.75) is 0 Å². The van der Waals surface area contributed by atoms with Gasteiger partial charge in [-0.05, 0) is 36.5 Å². The monoisotopic (exact) mass is 236 g/mol. The second kappa shape index (κ2) is 4.15. The standard InChI is InChI=1S/C9H8N4O2S/c10-8(16)11-6-3-1-5(2-4-6)7-12-9(14)15-13-7/h1-4H,(H3,10,11,16)(H,12,13,14). The molecule has 0 unspecified atom stereocenters. The predicted molar refractivity (Wildman–Crippen MR) is 63.0 cm³/mol. The Labute approximate surface area is 95.4 Å². The summed E-state index contributed by atoms with van der Waals surface area (Å²) < 4.78 is 4.40. The van der Waals surface area contributed by atoms with Crippen molar-refractivity contribution in [3.05, 3.63) is 34.8 Å². The van der Waals surface area contributed by atoms with Crippen molar-refractivity contribution >= 4 is 23.0 Å². The maximum Gasteiger partial charge on any atom is 0.439 e. The molecular formula is C9H8N4O2S. The van der Waals surface area contributed by atoms with E-state index in [-0.39, 0.29) is 5.11 Å². The number of nitrogens with zero attached hydrogens (tertiary/aromatic N) is 1. The zero-order valence-electron chi connectivity index (χ0n) is 8.06. The first kappa shape index (κ1) is 10.4. The zero-order valence-corrected chi connectivity index (χ0v) is 8.88. The third-order valence-electron chi connectivity index (χ3n) is 1.87. The number of hydrogen-bond acceptors (Lipinski definition) is 4. The van der Waals surface area contributed by atoms with Gasteiger partial charge >= 0.3 is 5.76 Å². The number of H-pyrrole nitrogens is 1. The molecule has 1 aromatic heterocycles. The van der Waals surface area contributed by atoms with Crippen LogP contribution < -0.4 is 16.8 Å². The molecule has 0 aliphatic rings. The lowest BCUT2D eigenvalue weighted by Gasteiger charge is -2.03. The molecule has 0 radical (unpaired) electrons. The third-order valence-corrected chi connectivity index (χ3v) is 1.97. The fourth-order valence-electron chi connectivity index (χ4n) is 1.21. The van der Waals surface area contributed by atoms with Gasteiger partial charge in [0.15, 0.2) is 10.9 Å². The topological polar surface area (TPSA) is 96.9 Å². The molecule has 0 bridgehead atoms. The van der Waals surface area contributed by atoms with E-state index in [4.69, 9.17) is 18.0 Å². The first-order chi connectivity index (χ1) is 7.65. The molecule has 0 saturated heterocycles. The van der Waals surface area contributed by atoms with Gasteiger partial charge in [0, 0.05) is 11.3 Å². The molecular weight excluding hydrogens is 228 g/mol. The van der Waals surface area contributed by atoms with Crippen molar-refractivity contribution in [3.63, 3.8) is 0 Å². The van der Waals surface area contributed by atoms with Crippen molar-refractivity contribution in [1.82, 2.24) is 10.1 Å². The van der Waals surface area contributed by atoms with E-state index in [1.165, 1.54) is 0 Å². The molecule has 0 spiro atoms. The normalized spacial score (nSPS) is 10.0. The predicted octanol–water partition coefficient (Wildman–Crippen LogP) is 0.685. The van der Waals surface area contributed by atoms with Crippen LogP contribution >= 0.6 is 12.2 Å². The summed E-state index contributed by atoms with van der Waals surface area (Å²) in [4.78, 5) is 13.2. The van der Waals surface area contributed by atoms with Gasteiger partial charge in [-0.2, -0.15) is 0 Å². The largest absolute Gasteiger partial charge is 0.439 e. The highest BCUT2D eigenvalue weighted by Crippen LogP contribution is 2.16. The van der Waals surface area contributed by atoms with Crippen LogP contribution in [-0.4, -0.2) is 15.3 Å². The number of aromatic nitrogens is 2. The minimum absolute atomic E-state index is 0.197. The Bertz CT molecular complexity index is 557. The van der Waals surface area contributed by atoms with Gasteiger partial charge in [-0.3, -0.25) is 9.51 Å². The molecule has 0 amide bonds. The number of anilines is 1. The molecule has 16 heavy (non-hydrogen) atoms. The van der Waals surface area contributed by atoms with Crippen LogP contribution in [0.1, 0.15) is 0 Å². The number of hydrogen-bond donors (Lipinski definition) is 3. The molecule has 0 aliphatic carbocycles. The molecule has 7 heteroatoms. The van der Waals surface area contributed by atoms with Crippen molar-refractivity contribution in [2.24, 2.45) is 5.73 Å². The summed E-state index contributed by atoms with van der Waals surface area (Å²) in [6.07, 6.45) is 0. The average Bonchev–Trinajstić information content (AvgIpc) is 2.65. The van der Waals surface area contributed by atoms with Gasteiger partial charge < -0.3 is 11.1 Å². The second-order valence-corrected chi connectivity index (χ2v) is 3.45. The van der Waals surface area contributed by atoms with Crippen LogP contribution in [0.3, 0.4) is 0 Å². The summed E-state index contributed by atoms with van der Waals surface area (Å²) in [5, 5.41) is 6.54. The molecule has 0 saturated carbocycles. The van der Waals surface area contributed by atoms with Crippen molar-refractivity contribution in [2.75, 3.05) is 5.32 Å². The van der Waals surface area contributed by atoms with Crippen molar-refractivity contribution in [3.8, 4) is 11.4 Å². The van der Waals surface area contributed by atoms with Crippen LogP contribution in [0.5, 0.6) is 0 Å². The number of rotatable bonds is 2. The Kier molecular flexibility index (Phi) is 2.69. The van der Waals surface area contributed by atoms with Gasteiger partial charge in [0.25, 0.3) is 0 Å². The van der Waals surface area contributed by atoms with E-state index in [2.05, 4.69) is 20.0 Å². The van der Waals surface area contributed by atoms with Gasteiger partial charge in [-0.1, -0.05) is 5.16 Å². The van der Waals surface area contributed by atoms with Crippen LogP contribution in [0.4, 0.5) is 5.69 Å². The summed E-state index contributed by atoms with van der Waals surface area (Å²) in [5.74, 6) is -0.202. The van der Waals surface area contributed by atoms with Crippen molar-refractivity contribution in [1.29, 1.82) is 0 Å². The Balaban J connectivity index is 2.25. The molecule has 4 N–H and O–H groups in total. The lowest BCUT2D eigenvalue weighted by Crippen LogP contribution is -2.18. The first-order valence-electron chi connectivity index (χ1n) is 4.38. The van der Waals surface area contributed by atoms with Gasteiger partial charge in [0.05, 0.1) is 0 Å². The van der Waals surface area contributed by atoms with Gasteiger partial charge in [0.1, 0.15) is 0 Å². The van der Waals surface area contributed by atoms with E-state index in [0.717, 1.165) is 11.3 Å². The first-order valence-corrected chi connectivity index (χ1v) is 4.79. The molecule has 0 fully saturated rings. The van der Waals surface area contributed by atoms with E-state index in [1.54, 1.807) is 24.3 Å². The van der Waals surface area contributed by atoms with E-state index in [9.17, 15) is 4.79 Å². The van der Waals surface area contributed by atoms with Crippen LogP contribution in [0, 0.1) is 0 Å². The van der Waals surface area contributed by atoms with E-state index < -0.39 is 5.76 Å². The highest BCUT2D eigenvalue weighted by Gasteiger charge is 2.03. The van der Waals surface area contributed by atoms with Crippen LogP contribution in [-0.2, 0) is 0 Å². The number of benzene rings is 1. The Morgan fingerprint density at radius 1 is 1.44 bits per heavy atom. The van der Waals surface area contributed by atoms with Gasteiger partial charge in [-0.25, -0.2) is 4.79 Å². The summed E-state index contributed by atoms with van der Waals surface area (Å²) in [5.41, 5.74) is 6.82. The number of thiocarbonyl (C=S) groups is 1. The molecule has 2 aromatic rings. The Morgan fingerprint density at radius 2 is 2.12 bits per heavy atom. The zero-order chi connectivity index (χ0) is 11.5. The van der Waals surface area contributed by atoms with Gasteiger partial charge in [-0.15, -0.1) is 0 Å². The Hall–Kier alpha value is -2.15. The van der Waals surface area contributed by atoms with Crippen LogP contribution in [0.25, 0.3) is 11.4 Å². The number of nitrogens with two attached hydrogens (primary N) is 1. The molecule has 6 nitrogen and oxygen atoms in total. The molecule has 82 valence electrons. The lowest BCUT2D eigenvalue weighted by atomic mass is 10.2. The molecule has 2 rings (SSSR count). The van der Waals surface area contributed by atoms with E-state index >= 15 is 0 Å². The minimum atomic E-state index is -0.583. The molecule has 0 atom stereocenters. The third kappa shape index (κ3) is 2.26. The SMILES string of the molecule is NC(=S)Nc1ccc(-c2noc(=O)[nH]2)cc1. The Morgan fingerprint density at radius 3 is 2.62 bits per heavy atom. The van der Waals surface area contributed by atoms with Gasteiger partial charge in [0.2, 0.25) is 0 Å². The molecule has 0 aliphatic heterocycles. The van der Waals surface area contributed by atoms with Crippen LogP contribution in [0.15, 0.2) is 33.6 Å². The molecule has 1 heterocycles.